The van der Waals surface area contributed by atoms with Crippen LogP contribution in [0.4, 0.5) is 0 Å². The molecule has 9 rings (SSSR count). The number of aryl methyl sites for hydroxylation is 1. The summed E-state index contributed by atoms with van der Waals surface area (Å²) < 4.78 is 88.9. The van der Waals surface area contributed by atoms with E-state index in [2.05, 4.69) is 25.3 Å². The van der Waals surface area contributed by atoms with Crippen LogP contribution in [0.15, 0.2) is 106 Å². The third-order valence-corrected chi connectivity index (χ3v) is 19.7. The number of aliphatic hydroxyl groups excluding tert-OH is 1. The molecule has 6 N–H and O–H groups in total. The van der Waals surface area contributed by atoms with Crippen LogP contribution in [0.5, 0.6) is 11.5 Å². The fraction of sp³-hybridized carbons (Fsp3) is 0.412. The molecule has 5 heterocycles. The number of rotatable bonds is 14. The monoisotopic (exact) mass is 1280 g/mol. The van der Waals surface area contributed by atoms with Crippen molar-refractivity contribution in [2.24, 2.45) is 0 Å². The van der Waals surface area contributed by atoms with Crippen molar-refractivity contribution in [1.82, 2.24) is 38.9 Å². The Morgan fingerprint density at radius 1 is 0.691 bits per heavy atom. The number of piperidine rings is 3. The van der Waals surface area contributed by atoms with E-state index in [1.165, 1.54) is 46.1 Å². The second-order valence-corrected chi connectivity index (χ2v) is 27.2. The fourth-order valence-electron chi connectivity index (χ4n) is 9.34. The van der Waals surface area contributed by atoms with Crippen LogP contribution in [0.25, 0.3) is 22.6 Å². The van der Waals surface area contributed by atoms with E-state index >= 15 is 0 Å². The SMILES string of the molecule is CB(O)NC1CCNCC1.COc1ccc(S(=O)(=O)N2CCC(NB(C)O)CC2)cc1C.COc1ccc(S(=O)(=O)N2CCC(n3c(-c4ccc(Cl)cc4Cl)nc4cccnc43)CC2)cc1Cl.O=S(=O)(Cl)c1ccc(CO)c(Cl)c1.[H-].[Na+]. The number of benzene rings is 4. The molecule has 2 aromatic heterocycles. The maximum Gasteiger partial charge on any atom is 1.00 e. The number of ether oxygens (including phenoxy) is 2. The van der Waals surface area contributed by atoms with E-state index in [0.29, 0.717) is 95.7 Å². The quantitative estimate of drug-likeness (QED) is 0.0601. The molecule has 0 atom stereocenters. The minimum absolute atomic E-state index is 0. The number of hydrogen-bond donors (Lipinski definition) is 6. The first-order chi connectivity index (χ1) is 37.9. The standard InChI is InChI=1S/C24H21Cl3N4O3S.C14H23BN2O4S.C7H6Cl2O3S.C6H15BN2O.Na.H/c1-34-22-7-5-17(14-20(22)27)35(32,33)30-11-8-16(9-12-30)31-23(18-6-4-15(25)13-19(18)26)29-21-3-2-10-28-24(21)31;1-11-10-13(4-5-14(11)21-3)22(19,20)17-8-6-12(7-9-17)16-15(2)18;8-7-3-6(13(9,11)12)2-1-5(7)4-10;1-7(10)9-6-2-4-8-5-3-6;;/h2-7,10,13-14,16H,8-9,11-12H2,1H3;4-5,10,12,16,18H,6-9H2,1-3H3;1-3,10H,4H2;6,8-10H,2-5H2,1H3;;/q;;;;+1;-1. The van der Waals surface area contributed by atoms with Crippen LogP contribution < -0.4 is 54.8 Å². The van der Waals surface area contributed by atoms with E-state index in [9.17, 15) is 30.3 Å². The fourth-order valence-corrected chi connectivity index (χ4v) is 14.3. The van der Waals surface area contributed by atoms with E-state index in [0.717, 1.165) is 48.2 Å². The van der Waals surface area contributed by atoms with E-state index < -0.39 is 36.1 Å². The van der Waals surface area contributed by atoms with Gasteiger partial charge in [-0.15, -0.1) is 0 Å². The van der Waals surface area contributed by atoms with Crippen molar-refractivity contribution >= 4 is 111 Å². The Kier molecular flexibility index (Phi) is 26.9. The molecule has 81 heavy (non-hydrogen) atoms. The Bertz CT molecular complexity index is 3400. The Labute approximate surface area is 523 Å². The predicted octanol–water partition coefficient (Wildman–Crippen LogP) is 5.26. The average Bonchev–Trinajstić information content (AvgIpc) is 4.06. The number of nitrogens with one attached hydrogen (secondary N) is 3. The van der Waals surface area contributed by atoms with E-state index in [4.69, 9.17) is 81.7 Å². The number of pyridine rings is 1. The summed E-state index contributed by atoms with van der Waals surface area (Å²) in [4.78, 5) is 9.74. The third kappa shape index (κ3) is 18.9. The molecule has 0 radical (unpaired) electrons. The minimum atomic E-state index is -3.74. The van der Waals surface area contributed by atoms with Gasteiger partial charge in [-0.25, -0.2) is 35.2 Å². The molecule has 0 bridgehead atoms. The van der Waals surface area contributed by atoms with Gasteiger partial charge < -0.3 is 46.4 Å². The van der Waals surface area contributed by atoms with Crippen LogP contribution in [0.3, 0.4) is 0 Å². The van der Waals surface area contributed by atoms with Crippen molar-refractivity contribution in [3.63, 3.8) is 0 Å². The summed E-state index contributed by atoms with van der Waals surface area (Å²) in [7, 11) is -3.72. The summed E-state index contributed by atoms with van der Waals surface area (Å²) in [5.74, 6) is 1.79. The molecule has 6 aromatic rings. The summed E-state index contributed by atoms with van der Waals surface area (Å²) in [6.07, 6.45) is 6.54. The number of nitrogens with zero attached hydrogens (tertiary/aromatic N) is 5. The molecule has 0 saturated carbocycles. The number of sulfonamides is 2. The molecule has 3 aliphatic rings. The molecule has 0 unspecified atom stereocenters. The second kappa shape index (κ2) is 31.6. The number of aromatic nitrogens is 3. The van der Waals surface area contributed by atoms with Crippen LogP contribution in [-0.4, -0.2) is 143 Å². The number of methoxy groups -OCH3 is 2. The number of fused-ring (bicyclic) bond motifs is 1. The molecule has 3 saturated heterocycles. The van der Waals surface area contributed by atoms with Crippen molar-refractivity contribution < 1.29 is 80.9 Å². The van der Waals surface area contributed by atoms with Gasteiger partial charge in [-0.2, -0.15) is 8.61 Å². The van der Waals surface area contributed by atoms with Gasteiger partial charge in [-0.3, -0.25) is 0 Å². The Balaban J connectivity index is 0.000000262. The first-order valence-electron chi connectivity index (χ1n) is 25.6. The molecule has 3 aliphatic heterocycles. The number of aliphatic hydroxyl groups is 1. The molecule has 30 heteroatoms. The largest absolute Gasteiger partial charge is 1.00 e. The zero-order valence-corrected chi connectivity index (χ0v) is 53.9. The smallest absolute Gasteiger partial charge is 1.00 e. The Morgan fingerprint density at radius 3 is 1.73 bits per heavy atom. The van der Waals surface area contributed by atoms with E-state index in [1.807, 2.05) is 25.1 Å². The van der Waals surface area contributed by atoms with E-state index in [-0.39, 0.29) is 76.6 Å². The van der Waals surface area contributed by atoms with Crippen LogP contribution in [0.1, 0.15) is 57.1 Å². The average molecular weight is 1290 g/mol. The first kappa shape index (κ1) is 69.0. The zero-order chi connectivity index (χ0) is 58.5. The molecular formula is C51H66B2Cl5N8NaO11S3. The predicted molar refractivity (Wildman–Crippen MR) is 319 cm³/mol. The van der Waals surface area contributed by atoms with Gasteiger partial charge in [0.2, 0.25) is 20.0 Å². The topological polar surface area (TPSA) is 255 Å². The van der Waals surface area contributed by atoms with Gasteiger partial charge in [0.25, 0.3) is 9.05 Å². The summed E-state index contributed by atoms with van der Waals surface area (Å²) in [6.45, 7) is 8.78. The van der Waals surface area contributed by atoms with Gasteiger partial charge in [0.1, 0.15) is 22.8 Å². The summed E-state index contributed by atoms with van der Waals surface area (Å²) in [5, 5.41) is 37.9. The Morgan fingerprint density at radius 2 is 1.22 bits per heavy atom. The zero-order valence-electron chi connectivity index (χ0n) is 46.7. The van der Waals surface area contributed by atoms with Gasteiger partial charge in [-0.05, 0) is 162 Å². The van der Waals surface area contributed by atoms with Gasteiger partial charge in [0.15, 0.2) is 5.65 Å². The maximum absolute atomic E-state index is 13.3. The van der Waals surface area contributed by atoms with Crippen LogP contribution in [0.2, 0.25) is 33.7 Å². The minimum Gasteiger partial charge on any atom is -1.00 e. The molecular weight excluding hydrogens is 1220 g/mol. The molecule has 0 aliphatic carbocycles. The van der Waals surface area contributed by atoms with Crippen LogP contribution in [0, 0.1) is 6.92 Å². The van der Waals surface area contributed by atoms with Gasteiger partial charge in [0.05, 0.1) is 45.6 Å². The molecule has 4 aromatic carbocycles. The first-order valence-corrected chi connectivity index (χ1v) is 32.3. The molecule has 436 valence electrons. The number of halogens is 5. The number of hydrogen-bond acceptors (Lipinski definition) is 16. The molecule has 0 spiro atoms. The molecule has 3 fully saturated rings. The normalized spacial score (nSPS) is 15.9. The summed E-state index contributed by atoms with van der Waals surface area (Å²) in [5.41, 5.74) is 3.49. The molecule has 19 nitrogen and oxygen atoms in total. The summed E-state index contributed by atoms with van der Waals surface area (Å²) in [6, 6.07) is 23.0. The number of imidazole rings is 1. The maximum atomic E-state index is 13.3. The van der Waals surface area contributed by atoms with Gasteiger partial charge in [-0.1, -0.05) is 52.5 Å². The Hall–Kier alpha value is -2.79. The van der Waals surface area contributed by atoms with Gasteiger partial charge in [0, 0.05) is 76.8 Å². The van der Waals surface area contributed by atoms with Crippen molar-refractivity contribution in [3.8, 4) is 22.9 Å². The second-order valence-electron chi connectivity index (χ2n) is 19.1. The van der Waals surface area contributed by atoms with Crippen molar-refractivity contribution in [2.45, 2.75) is 98.5 Å². The summed E-state index contributed by atoms with van der Waals surface area (Å²) >= 11 is 24.5. The van der Waals surface area contributed by atoms with Crippen molar-refractivity contribution in [2.75, 3.05) is 53.5 Å². The third-order valence-electron chi connectivity index (χ3n) is 13.4. The van der Waals surface area contributed by atoms with Crippen molar-refractivity contribution in [3.05, 3.63) is 122 Å². The molecule has 0 amide bonds. The van der Waals surface area contributed by atoms with E-state index in [1.54, 1.807) is 63.4 Å². The van der Waals surface area contributed by atoms with Crippen LogP contribution in [-0.2, 0) is 35.7 Å². The van der Waals surface area contributed by atoms with Gasteiger partial charge >= 0.3 is 43.7 Å². The van der Waals surface area contributed by atoms with Crippen molar-refractivity contribution in [1.29, 1.82) is 0 Å². The van der Waals surface area contributed by atoms with Crippen LogP contribution >= 0.6 is 57.1 Å².